The van der Waals surface area contributed by atoms with Crippen LogP contribution in [0, 0.1) is 0 Å². The second-order valence-electron chi connectivity index (χ2n) is 9.07. The number of carbonyl (C=O) groups excluding carboxylic acids is 2. The van der Waals surface area contributed by atoms with E-state index >= 15 is 0 Å². The van der Waals surface area contributed by atoms with Crippen LogP contribution < -0.4 is 0 Å². The average molecular weight is 435 g/mol. The largest absolute Gasteiger partial charge is 0.516 e. The minimum atomic E-state index is -2.02. The molecule has 5 heteroatoms. The summed E-state index contributed by atoms with van der Waals surface area (Å²) in [5, 5.41) is 0. The van der Waals surface area contributed by atoms with E-state index in [4.69, 9.17) is 9.16 Å². The zero-order chi connectivity index (χ0) is 22.2. The highest BCUT2D eigenvalue weighted by Gasteiger charge is 2.24. The van der Waals surface area contributed by atoms with E-state index in [1.807, 2.05) is 19.6 Å². The predicted octanol–water partition coefficient (Wildman–Crippen LogP) is 7.54. The van der Waals surface area contributed by atoms with Gasteiger partial charge in [0.25, 0.3) is 0 Å². The molecule has 0 aliphatic rings. The molecule has 0 aliphatic heterocycles. The van der Waals surface area contributed by atoms with Gasteiger partial charge < -0.3 is 9.16 Å². The lowest BCUT2D eigenvalue weighted by molar-refractivity contribution is 0.0488. The van der Waals surface area contributed by atoms with E-state index in [0.29, 0.717) is 17.7 Å². The van der Waals surface area contributed by atoms with Crippen molar-refractivity contribution in [1.82, 2.24) is 0 Å². The lowest BCUT2D eigenvalue weighted by Gasteiger charge is -2.18. The van der Waals surface area contributed by atoms with Crippen molar-refractivity contribution in [3.63, 3.8) is 0 Å². The summed E-state index contributed by atoms with van der Waals surface area (Å²) in [7, 11) is -2.02. The van der Waals surface area contributed by atoms with E-state index in [0.717, 1.165) is 12.8 Å². The molecular weight excluding hydrogens is 392 g/mol. The fourth-order valence-electron chi connectivity index (χ4n) is 3.36. The summed E-state index contributed by atoms with van der Waals surface area (Å²) in [5.41, 5.74) is 0.583. The standard InChI is InChI=1S/C25H42O4Si/c1-5-6-7-8-9-10-11-12-13-14-15-18-21-28-24(26)22-19-16-17-20-23(22)25(27)29-30(2,3)4/h16-17,19-20H,5-15,18,21H2,1-4H3. The molecule has 0 bridgehead atoms. The van der Waals surface area contributed by atoms with Crippen molar-refractivity contribution >= 4 is 20.3 Å². The van der Waals surface area contributed by atoms with Gasteiger partial charge in [0.15, 0.2) is 0 Å². The highest BCUT2D eigenvalue weighted by molar-refractivity contribution is 6.71. The summed E-state index contributed by atoms with van der Waals surface area (Å²) in [6, 6.07) is 6.74. The summed E-state index contributed by atoms with van der Waals surface area (Å²) in [6.45, 7) is 8.48. The Labute approximate surface area is 184 Å². The van der Waals surface area contributed by atoms with Crippen LogP contribution in [0.2, 0.25) is 19.6 Å². The first-order chi connectivity index (χ1) is 14.3. The Morgan fingerprint density at radius 2 is 1.13 bits per heavy atom. The molecular formula is C25H42O4Si. The van der Waals surface area contributed by atoms with E-state index < -0.39 is 20.3 Å². The van der Waals surface area contributed by atoms with Gasteiger partial charge in [-0.25, -0.2) is 9.59 Å². The average Bonchev–Trinajstić information content (AvgIpc) is 2.70. The molecule has 170 valence electrons. The lowest BCUT2D eigenvalue weighted by Crippen LogP contribution is -2.30. The van der Waals surface area contributed by atoms with E-state index in [9.17, 15) is 9.59 Å². The Bertz CT molecular complexity index is 622. The van der Waals surface area contributed by atoms with Crippen LogP contribution >= 0.6 is 0 Å². The van der Waals surface area contributed by atoms with Crippen molar-refractivity contribution < 1.29 is 18.8 Å². The predicted molar refractivity (Wildman–Crippen MR) is 127 cm³/mol. The molecule has 0 aromatic heterocycles. The number of ether oxygens (including phenoxy) is 1. The number of benzene rings is 1. The molecule has 0 heterocycles. The van der Waals surface area contributed by atoms with Gasteiger partial charge in [0, 0.05) is 0 Å². The Hall–Kier alpha value is -1.62. The number of hydrogen-bond donors (Lipinski definition) is 0. The van der Waals surface area contributed by atoms with Crippen LogP contribution in [0.1, 0.15) is 105 Å². The van der Waals surface area contributed by atoms with Crippen LogP contribution in [0.15, 0.2) is 24.3 Å². The van der Waals surface area contributed by atoms with Gasteiger partial charge in [0.2, 0.25) is 8.32 Å². The topological polar surface area (TPSA) is 52.6 Å². The maximum atomic E-state index is 12.4. The highest BCUT2D eigenvalue weighted by atomic mass is 28.4. The van der Waals surface area contributed by atoms with Crippen LogP contribution in [-0.2, 0) is 9.16 Å². The minimum absolute atomic E-state index is 0.291. The third-order valence-electron chi connectivity index (χ3n) is 5.00. The third kappa shape index (κ3) is 12.2. The van der Waals surface area contributed by atoms with Crippen molar-refractivity contribution in [1.29, 1.82) is 0 Å². The summed E-state index contributed by atoms with van der Waals surface area (Å²) < 4.78 is 10.9. The molecule has 4 nitrogen and oxygen atoms in total. The smallest absolute Gasteiger partial charge is 0.339 e. The fraction of sp³-hybridized carbons (Fsp3) is 0.680. The molecule has 0 radical (unpaired) electrons. The lowest BCUT2D eigenvalue weighted by atomic mass is 10.1. The number of rotatable bonds is 16. The Kier molecular flexibility index (Phi) is 13.4. The second-order valence-corrected chi connectivity index (χ2v) is 13.5. The molecule has 1 aromatic rings. The van der Waals surface area contributed by atoms with Gasteiger partial charge in [-0.05, 0) is 38.2 Å². The monoisotopic (exact) mass is 434 g/mol. The molecule has 1 aromatic carbocycles. The molecule has 0 saturated heterocycles. The van der Waals surface area contributed by atoms with E-state index in [1.54, 1.807) is 24.3 Å². The Morgan fingerprint density at radius 1 is 0.700 bits per heavy atom. The number of esters is 1. The molecule has 1 rings (SSSR count). The molecule has 0 fully saturated rings. The van der Waals surface area contributed by atoms with Crippen LogP contribution in [0.5, 0.6) is 0 Å². The summed E-state index contributed by atoms with van der Waals surface area (Å²) in [5.74, 6) is -0.881. The third-order valence-corrected chi connectivity index (χ3v) is 5.79. The van der Waals surface area contributed by atoms with Crippen molar-refractivity contribution in [3.05, 3.63) is 35.4 Å². The highest BCUT2D eigenvalue weighted by Crippen LogP contribution is 2.16. The molecule has 0 aliphatic carbocycles. The maximum absolute atomic E-state index is 12.4. The number of hydrogen-bond acceptors (Lipinski definition) is 4. The van der Waals surface area contributed by atoms with Crippen LogP contribution in [0.3, 0.4) is 0 Å². The quantitative estimate of drug-likeness (QED) is 0.153. The van der Waals surface area contributed by atoms with Crippen molar-refractivity contribution in [2.75, 3.05) is 6.61 Å². The van der Waals surface area contributed by atoms with Gasteiger partial charge in [-0.1, -0.05) is 89.7 Å². The Balaban J connectivity index is 2.19. The normalized spacial score (nSPS) is 11.3. The molecule has 0 saturated carbocycles. The summed E-state index contributed by atoms with van der Waals surface area (Å²) >= 11 is 0. The second kappa shape index (κ2) is 15.2. The molecule has 0 unspecified atom stereocenters. The van der Waals surface area contributed by atoms with Crippen molar-refractivity contribution in [3.8, 4) is 0 Å². The van der Waals surface area contributed by atoms with Crippen molar-refractivity contribution in [2.45, 2.75) is 104 Å². The fourth-order valence-corrected chi connectivity index (χ4v) is 4.02. The number of unbranched alkanes of at least 4 members (excludes halogenated alkanes) is 11. The van der Waals surface area contributed by atoms with Gasteiger partial charge >= 0.3 is 11.9 Å². The van der Waals surface area contributed by atoms with E-state index in [2.05, 4.69) is 6.92 Å². The van der Waals surface area contributed by atoms with E-state index in [1.165, 1.54) is 64.2 Å². The molecule has 0 atom stereocenters. The molecule has 0 amide bonds. The van der Waals surface area contributed by atoms with Gasteiger partial charge in [0.05, 0.1) is 17.7 Å². The zero-order valence-corrected chi connectivity index (χ0v) is 20.6. The van der Waals surface area contributed by atoms with Crippen LogP contribution in [0.25, 0.3) is 0 Å². The van der Waals surface area contributed by atoms with Gasteiger partial charge in [0.1, 0.15) is 0 Å². The zero-order valence-electron chi connectivity index (χ0n) is 19.6. The van der Waals surface area contributed by atoms with Gasteiger partial charge in [-0.15, -0.1) is 0 Å². The first kappa shape index (κ1) is 26.4. The van der Waals surface area contributed by atoms with Gasteiger partial charge in [-0.2, -0.15) is 0 Å². The molecule has 0 N–H and O–H groups in total. The summed E-state index contributed by atoms with van der Waals surface area (Å²) in [6.07, 6.45) is 15.2. The maximum Gasteiger partial charge on any atom is 0.339 e. The van der Waals surface area contributed by atoms with E-state index in [-0.39, 0.29) is 0 Å². The van der Waals surface area contributed by atoms with Crippen molar-refractivity contribution in [2.24, 2.45) is 0 Å². The summed E-state index contributed by atoms with van der Waals surface area (Å²) in [4.78, 5) is 24.8. The first-order valence-corrected chi connectivity index (χ1v) is 15.3. The van der Waals surface area contributed by atoms with Crippen LogP contribution in [0.4, 0.5) is 0 Å². The Morgan fingerprint density at radius 3 is 1.60 bits per heavy atom. The first-order valence-electron chi connectivity index (χ1n) is 11.8. The molecule has 30 heavy (non-hydrogen) atoms. The van der Waals surface area contributed by atoms with Gasteiger partial charge in [-0.3, -0.25) is 0 Å². The molecule has 0 spiro atoms. The number of carbonyl (C=O) groups is 2. The van der Waals surface area contributed by atoms with Crippen LogP contribution in [-0.4, -0.2) is 26.9 Å². The SMILES string of the molecule is CCCCCCCCCCCCCCOC(=O)c1ccccc1C(=O)O[Si](C)(C)C. The minimum Gasteiger partial charge on any atom is -0.516 e.